The van der Waals surface area contributed by atoms with E-state index in [1.165, 1.54) is 40.6 Å². The summed E-state index contributed by atoms with van der Waals surface area (Å²) >= 11 is 8.89. The molecule has 4 rings (SSSR count). The van der Waals surface area contributed by atoms with E-state index in [-0.39, 0.29) is 3.55 Å². The number of fused-ring (bicyclic) bond motifs is 3. The molecule has 29 heavy (non-hydrogen) atoms. The van der Waals surface area contributed by atoms with E-state index >= 15 is 0 Å². The molecule has 1 aliphatic rings. The number of unbranched alkanes of at least 4 members (excludes halogenated alkanes) is 1. The fraction of sp³-hybridized carbons (Fsp3) is 0.333. The molecule has 152 valence electrons. The van der Waals surface area contributed by atoms with Crippen molar-refractivity contribution >= 4 is 51.2 Å². The second-order valence-corrected chi connectivity index (χ2v) is 10.2. The van der Waals surface area contributed by atoms with Crippen LogP contribution in [0, 0.1) is 0 Å². The molecule has 1 aromatic heterocycles. The van der Waals surface area contributed by atoms with Gasteiger partial charge < -0.3 is 14.2 Å². The zero-order valence-corrected chi connectivity index (χ0v) is 20.0. The van der Waals surface area contributed by atoms with Crippen LogP contribution in [0.25, 0.3) is 17.0 Å². The van der Waals surface area contributed by atoms with Gasteiger partial charge in [0.2, 0.25) is 0 Å². The van der Waals surface area contributed by atoms with Crippen LogP contribution in [0.15, 0.2) is 48.7 Å². The van der Waals surface area contributed by atoms with Gasteiger partial charge in [-0.25, -0.2) is 0 Å². The molecular weight excluding hydrogens is 495 g/mol. The summed E-state index contributed by atoms with van der Waals surface area (Å²) in [6.45, 7) is 6.38. The van der Waals surface area contributed by atoms with Gasteiger partial charge >= 0.3 is 0 Å². The van der Waals surface area contributed by atoms with Crippen LogP contribution in [0.3, 0.4) is 0 Å². The van der Waals surface area contributed by atoms with Gasteiger partial charge in [-0.2, -0.15) is 0 Å². The van der Waals surface area contributed by atoms with Crippen LogP contribution in [0.2, 0.25) is 5.02 Å². The van der Waals surface area contributed by atoms with Crippen LogP contribution in [0.4, 0.5) is 0 Å². The highest BCUT2D eigenvalue weighted by Crippen LogP contribution is 2.46. The lowest BCUT2D eigenvalue weighted by Crippen LogP contribution is -2.39. The molecule has 3 aromatic rings. The summed E-state index contributed by atoms with van der Waals surface area (Å²) in [5, 5.41) is 2.03. The third-order valence-electron chi connectivity index (χ3n) is 5.69. The third kappa shape index (κ3) is 3.77. The molecule has 0 saturated heterocycles. The molecular formula is C24H26ClIN2O. The number of alkyl halides is 1. The van der Waals surface area contributed by atoms with E-state index in [4.69, 9.17) is 16.3 Å². The highest BCUT2D eigenvalue weighted by molar-refractivity contribution is 14.1. The molecule has 2 heterocycles. The van der Waals surface area contributed by atoms with E-state index in [9.17, 15) is 0 Å². The maximum atomic E-state index is 6.28. The van der Waals surface area contributed by atoms with Crippen molar-refractivity contribution in [1.82, 2.24) is 9.47 Å². The molecule has 0 amide bonds. The Labute approximate surface area is 191 Å². The van der Waals surface area contributed by atoms with Gasteiger partial charge in [-0.05, 0) is 71.8 Å². The van der Waals surface area contributed by atoms with Crippen molar-refractivity contribution in [3.8, 4) is 5.75 Å². The molecule has 1 aliphatic heterocycles. The molecule has 5 heteroatoms. The van der Waals surface area contributed by atoms with Crippen molar-refractivity contribution in [3.05, 3.63) is 70.5 Å². The molecule has 0 bridgehead atoms. The summed E-state index contributed by atoms with van der Waals surface area (Å²) < 4.78 is 7.84. The quantitative estimate of drug-likeness (QED) is 0.197. The first-order chi connectivity index (χ1) is 14.0. The number of benzene rings is 2. The third-order valence-corrected chi connectivity index (χ3v) is 7.05. The summed E-state index contributed by atoms with van der Waals surface area (Å²) in [4.78, 5) is 2.46. The maximum Gasteiger partial charge on any atom is 0.130 e. The van der Waals surface area contributed by atoms with Crippen LogP contribution >= 0.6 is 34.2 Å². The molecule has 0 N–H and O–H groups in total. The first kappa shape index (κ1) is 20.6. The van der Waals surface area contributed by atoms with Gasteiger partial charge in [-0.3, -0.25) is 0 Å². The zero-order chi connectivity index (χ0) is 20.6. The summed E-state index contributed by atoms with van der Waals surface area (Å²) in [5.74, 6) is 0.877. The van der Waals surface area contributed by atoms with Crippen molar-refractivity contribution in [2.24, 2.45) is 0 Å². The Morgan fingerprint density at radius 1 is 1.17 bits per heavy atom. The number of rotatable bonds is 6. The number of nitrogens with zero attached hydrogens (tertiary/aromatic N) is 2. The summed E-state index contributed by atoms with van der Waals surface area (Å²) in [7, 11) is 1.72. The maximum absolute atomic E-state index is 6.28. The second kappa shape index (κ2) is 8.23. The van der Waals surface area contributed by atoms with Gasteiger partial charge in [-0.1, -0.05) is 37.1 Å². The number of ether oxygens (including phenoxy) is 1. The minimum Gasteiger partial charge on any atom is -0.497 e. The molecule has 3 nitrogen and oxygen atoms in total. The van der Waals surface area contributed by atoms with E-state index < -0.39 is 0 Å². The van der Waals surface area contributed by atoms with Gasteiger partial charge in [0.15, 0.2) is 0 Å². The highest BCUT2D eigenvalue weighted by Gasteiger charge is 2.37. The normalized spacial score (nSPS) is 18.3. The molecule has 2 aromatic carbocycles. The Hall–Kier alpha value is -1.66. The Bertz CT molecular complexity index is 1070. The van der Waals surface area contributed by atoms with Gasteiger partial charge in [-0.15, -0.1) is 0 Å². The largest absolute Gasteiger partial charge is 0.497 e. The molecule has 0 radical (unpaired) electrons. The lowest BCUT2D eigenvalue weighted by molar-refractivity contribution is 0.264. The van der Waals surface area contributed by atoms with Crippen molar-refractivity contribution in [2.45, 2.75) is 36.8 Å². The summed E-state index contributed by atoms with van der Waals surface area (Å²) in [6, 6.07) is 14.5. The Morgan fingerprint density at radius 3 is 2.72 bits per heavy atom. The highest BCUT2D eigenvalue weighted by atomic mass is 127. The standard InChI is InChI=1S/C24H26ClIN2O/c1-4-5-12-27-13-11-21-20-10-9-19(29-3)15-22(20)28(23(21)24(27,2)26)16-17-7-6-8-18(25)14-17/h6-11,13-15H,4-5,12,16H2,1-3H3. The summed E-state index contributed by atoms with van der Waals surface area (Å²) in [6.07, 6.45) is 6.90. The van der Waals surface area contributed by atoms with Gasteiger partial charge in [0.1, 0.15) is 9.30 Å². The zero-order valence-electron chi connectivity index (χ0n) is 17.1. The first-order valence-corrected chi connectivity index (χ1v) is 11.5. The Kier molecular flexibility index (Phi) is 5.85. The van der Waals surface area contributed by atoms with Crippen LogP contribution < -0.4 is 4.74 Å². The molecule has 1 unspecified atom stereocenters. The second-order valence-electron chi connectivity index (χ2n) is 7.68. The van der Waals surface area contributed by atoms with E-state index in [1.54, 1.807) is 7.11 Å². The topological polar surface area (TPSA) is 17.4 Å². The minimum atomic E-state index is -0.137. The SMILES string of the molecule is CCCCN1C=Cc2c(n(Cc3cccc(Cl)c3)c3cc(OC)ccc23)C1(C)I. The number of hydrogen-bond acceptors (Lipinski definition) is 2. The lowest BCUT2D eigenvalue weighted by Gasteiger charge is -2.40. The number of methoxy groups -OCH3 is 1. The average Bonchev–Trinajstić information content (AvgIpc) is 3.01. The molecule has 0 saturated carbocycles. The fourth-order valence-corrected chi connectivity index (χ4v) is 5.38. The Morgan fingerprint density at radius 2 is 2.00 bits per heavy atom. The molecule has 0 spiro atoms. The van der Waals surface area contributed by atoms with Crippen LogP contribution in [-0.4, -0.2) is 23.1 Å². The van der Waals surface area contributed by atoms with E-state index in [0.717, 1.165) is 23.9 Å². The first-order valence-electron chi connectivity index (χ1n) is 10.0. The average molecular weight is 521 g/mol. The monoisotopic (exact) mass is 520 g/mol. The van der Waals surface area contributed by atoms with E-state index in [0.29, 0.717) is 0 Å². The van der Waals surface area contributed by atoms with Gasteiger partial charge in [0, 0.05) is 41.3 Å². The fourth-order valence-electron chi connectivity index (χ4n) is 4.18. The Balaban J connectivity index is 1.92. The molecule has 1 atom stereocenters. The smallest absolute Gasteiger partial charge is 0.130 e. The molecule has 0 fully saturated rings. The van der Waals surface area contributed by atoms with E-state index in [1.807, 2.05) is 18.2 Å². The van der Waals surface area contributed by atoms with Crippen LogP contribution in [0.1, 0.15) is 43.5 Å². The van der Waals surface area contributed by atoms with Gasteiger partial charge in [0.25, 0.3) is 0 Å². The van der Waals surface area contributed by atoms with E-state index in [2.05, 4.69) is 82.4 Å². The number of hydrogen-bond donors (Lipinski definition) is 0. The summed E-state index contributed by atoms with van der Waals surface area (Å²) in [5.41, 5.74) is 5.02. The minimum absolute atomic E-state index is 0.137. The van der Waals surface area contributed by atoms with Crippen LogP contribution in [-0.2, 0) is 10.1 Å². The van der Waals surface area contributed by atoms with Gasteiger partial charge in [0.05, 0.1) is 18.3 Å². The van der Waals surface area contributed by atoms with Crippen LogP contribution in [0.5, 0.6) is 5.75 Å². The van der Waals surface area contributed by atoms with Crippen molar-refractivity contribution in [2.75, 3.05) is 13.7 Å². The lowest BCUT2D eigenvalue weighted by atomic mass is 10.0. The number of halogens is 2. The predicted molar refractivity (Wildman–Crippen MR) is 131 cm³/mol. The molecule has 0 aliphatic carbocycles. The van der Waals surface area contributed by atoms with Crippen molar-refractivity contribution < 1.29 is 4.74 Å². The van der Waals surface area contributed by atoms with Crippen molar-refractivity contribution in [3.63, 3.8) is 0 Å². The predicted octanol–water partition coefficient (Wildman–Crippen LogP) is 7.05. The number of aromatic nitrogens is 1. The van der Waals surface area contributed by atoms with Crippen molar-refractivity contribution in [1.29, 1.82) is 0 Å².